The molecule has 4 heteroatoms. The van der Waals surface area contributed by atoms with E-state index in [4.69, 9.17) is 14.9 Å². The van der Waals surface area contributed by atoms with E-state index in [1.54, 1.807) is 21.1 Å². The normalized spacial score (nSPS) is 9.75. The minimum Gasteiger partial charge on any atom is -0.497 e. The van der Waals surface area contributed by atoms with Crippen molar-refractivity contribution >= 4 is 5.84 Å². The van der Waals surface area contributed by atoms with Crippen LogP contribution in [0, 0.1) is 5.41 Å². The highest BCUT2D eigenvalue weighted by atomic mass is 16.5. The van der Waals surface area contributed by atoms with Gasteiger partial charge in [0, 0.05) is 19.7 Å². The van der Waals surface area contributed by atoms with Crippen LogP contribution in [0.2, 0.25) is 0 Å². The molecule has 1 aromatic carbocycles. The molecule has 0 radical (unpaired) electrons. The van der Waals surface area contributed by atoms with Crippen LogP contribution in [-0.2, 0) is 6.54 Å². The lowest BCUT2D eigenvalue weighted by Crippen LogP contribution is -2.22. The van der Waals surface area contributed by atoms with Crippen molar-refractivity contribution < 1.29 is 9.47 Å². The van der Waals surface area contributed by atoms with E-state index >= 15 is 0 Å². The van der Waals surface area contributed by atoms with E-state index in [-0.39, 0.29) is 0 Å². The lowest BCUT2D eigenvalue weighted by atomic mass is 10.2. The molecular weight excluding hydrogens is 204 g/mol. The first kappa shape index (κ1) is 12.4. The summed E-state index contributed by atoms with van der Waals surface area (Å²) in [6.07, 6.45) is 0. The molecule has 0 fully saturated rings. The van der Waals surface area contributed by atoms with Gasteiger partial charge in [0.2, 0.25) is 0 Å². The van der Waals surface area contributed by atoms with Gasteiger partial charge in [-0.1, -0.05) is 0 Å². The van der Waals surface area contributed by atoms with Crippen molar-refractivity contribution in [3.63, 3.8) is 0 Å². The first-order chi connectivity index (χ1) is 7.56. The van der Waals surface area contributed by atoms with Crippen molar-refractivity contribution in [1.29, 1.82) is 5.41 Å². The van der Waals surface area contributed by atoms with Gasteiger partial charge in [-0.25, -0.2) is 0 Å². The highest BCUT2D eigenvalue weighted by molar-refractivity contribution is 5.75. The molecular formula is C12H18N2O2. The Kier molecular flexibility index (Phi) is 4.17. The first-order valence-corrected chi connectivity index (χ1v) is 5.05. The minimum atomic E-state index is 0.529. The van der Waals surface area contributed by atoms with Crippen LogP contribution in [0.4, 0.5) is 0 Å². The highest BCUT2D eigenvalue weighted by Crippen LogP contribution is 2.23. The second kappa shape index (κ2) is 5.39. The maximum atomic E-state index is 7.51. The summed E-state index contributed by atoms with van der Waals surface area (Å²) in [5, 5.41) is 7.51. The zero-order valence-electron chi connectivity index (χ0n) is 10.2. The van der Waals surface area contributed by atoms with E-state index in [1.165, 1.54) is 0 Å². The summed E-state index contributed by atoms with van der Waals surface area (Å²) in [6.45, 7) is 2.43. The maximum absolute atomic E-state index is 7.51. The van der Waals surface area contributed by atoms with E-state index in [1.807, 2.05) is 30.1 Å². The summed E-state index contributed by atoms with van der Waals surface area (Å²) in [4.78, 5) is 1.86. The number of hydrogen-bond acceptors (Lipinski definition) is 3. The fourth-order valence-corrected chi connectivity index (χ4v) is 1.35. The molecule has 0 saturated carbocycles. The summed E-state index contributed by atoms with van der Waals surface area (Å²) < 4.78 is 10.4. The van der Waals surface area contributed by atoms with Crippen LogP contribution in [0.25, 0.3) is 0 Å². The van der Waals surface area contributed by atoms with Crippen LogP contribution >= 0.6 is 0 Å². The van der Waals surface area contributed by atoms with Crippen LogP contribution in [-0.4, -0.2) is 32.0 Å². The molecule has 88 valence electrons. The molecule has 0 atom stereocenters. The topological polar surface area (TPSA) is 45.5 Å². The fourth-order valence-electron chi connectivity index (χ4n) is 1.35. The van der Waals surface area contributed by atoms with Gasteiger partial charge >= 0.3 is 0 Å². The molecule has 0 bridgehead atoms. The second-order valence-electron chi connectivity index (χ2n) is 3.66. The summed E-state index contributed by atoms with van der Waals surface area (Å²) in [7, 11) is 5.14. The molecule has 1 rings (SSSR count). The predicted octanol–water partition coefficient (Wildman–Crippen LogP) is 2.13. The van der Waals surface area contributed by atoms with Crippen molar-refractivity contribution in [3.05, 3.63) is 23.8 Å². The Bertz CT molecular complexity index is 355. The van der Waals surface area contributed by atoms with Crippen LogP contribution in [0.1, 0.15) is 12.5 Å². The number of rotatable bonds is 4. The van der Waals surface area contributed by atoms with E-state index in [9.17, 15) is 0 Å². The molecule has 0 saturated heterocycles. The zero-order chi connectivity index (χ0) is 12.1. The molecule has 0 unspecified atom stereocenters. The third-order valence-electron chi connectivity index (χ3n) is 2.40. The Morgan fingerprint density at radius 2 is 1.69 bits per heavy atom. The monoisotopic (exact) mass is 222 g/mol. The number of ether oxygens (including phenoxy) is 2. The molecule has 1 aromatic rings. The van der Waals surface area contributed by atoms with Crippen molar-refractivity contribution in [2.24, 2.45) is 0 Å². The van der Waals surface area contributed by atoms with Gasteiger partial charge in [0.15, 0.2) is 0 Å². The van der Waals surface area contributed by atoms with Crippen molar-refractivity contribution in [2.75, 3.05) is 21.3 Å². The van der Waals surface area contributed by atoms with E-state index in [2.05, 4.69) is 0 Å². The molecule has 0 aliphatic heterocycles. The van der Waals surface area contributed by atoms with Gasteiger partial charge < -0.3 is 14.4 Å². The number of nitrogens with one attached hydrogen (secondary N) is 1. The Hall–Kier alpha value is -1.71. The predicted molar refractivity (Wildman–Crippen MR) is 64.4 cm³/mol. The number of methoxy groups -OCH3 is 2. The quantitative estimate of drug-likeness (QED) is 0.627. The van der Waals surface area contributed by atoms with Gasteiger partial charge in [0.05, 0.1) is 20.1 Å². The SMILES string of the molecule is COc1cc(CN(C)C(C)=N)cc(OC)c1. The highest BCUT2D eigenvalue weighted by Gasteiger charge is 2.05. The molecule has 0 spiro atoms. The molecule has 0 heterocycles. The number of benzene rings is 1. The van der Waals surface area contributed by atoms with Crippen LogP contribution in [0.3, 0.4) is 0 Å². The average molecular weight is 222 g/mol. The van der Waals surface area contributed by atoms with Crippen LogP contribution < -0.4 is 9.47 Å². The smallest absolute Gasteiger partial charge is 0.122 e. The molecule has 16 heavy (non-hydrogen) atoms. The Morgan fingerprint density at radius 1 is 1.19 bits per heavy atom. The van der Waals surface area contributed by atoms with E-state index < -0.39 is 0 Å². The van der Waals surface area contributed by atoms with Gasteiger partial charge in [-0.2, -0.15) is 0 Å². The lowest BCUT2D eigenvalue weighted by Gasteiger charge is -2.18. The third-order valence-corrected chi connectivity index (χ3v) is 2.40. The van der Waals surface area contributed by atoms with Crippen molar-refractivity contribution in [3.8, 4) is 11.5 Å². The number of hydrogen-bond donors (Lipinski definition) is 1. The summed E-state index contributed by atoms with van der Waals surface area (Å²) >= 11 is 0. The lowest BCUT2D eigenvalue weighted by molar-refractivity contribution is 0.391. The van der Waals surface area contributed by atoms with Gasteiger partial charge in [-0.3, -0.25) is 5.41 Å². The van der Waals surface area contributed by atoms with Gasteiger partial charge in [0.25, 0.3) is 0 Å². The van der Waals surface area contributed by atoms with Crippen molar-refractivity contribution in [1.82, 2.24) is 4.90 Å². The molecule has 0 aliphatic rings. The average Bonchev–Trinajstić information content (AvgIpc) is 2.28. The van der Waals surface area contributed by atoms with Crippen LogP contribution in [0.15, 0.2) is 18.2 Å². The van der Waals surface area contributed by atoms with E-state index in [0.717, 1.165) is 17.1 Å². The maximum Gasteiger partial charge on any atom is 0.122 e. The fraction of sp³-hybridized carbons (Fsp3) is 0.417. The molecule has 4 nitrogen and oxygen atoms in total. The second-order valence-corrected chi connectivity index (χ2v) is 3.66. The Morgan fingerprint density at radius 3 is 2.06 bits per heavy atom. The van der Waals surface area contributed by atoms with Crippen molar-refractivity contribution in [2.45, 2.75) is 13.5 Å². The molecule has 0 amide bonds. The summed E-state index contributed by atoms with van der Waals surface area (Å²) in [5.74, 6) is 2.07. The Labute approximate surface area is 96.3 Å². The zero-order valence-corrected chi connectivity index (χ0v) is 10.2. The largest absolute Gasteiger partial charge is 0.497 e. The summed E-state index contributed by atoms with van der Waals surface area (Å²) in [6, 6.07) is 5.73. The van der Waals surface area contributed by atoms with Gasteiger partial charge in [0.1, 0.15) is 11.5 Å². The number of nitrogens with zero attached hydrogens (tertiary/aromatic N) is 1. The standard InChI is InChI=1S/C12H18N2O2/c1-9(13)14(2)8-10-5-11(15-3)7-12(6-10)16-4/h5-7,13H,8H2,1-4H3. The minimum absolute atomic E-state index is 0.529. The third kappa shape index (κ3) is 3.15. The van der Waals surface area contributed by atoms with E-state index in [0.29, 0.717) is 12.4 Å². The summed E-state index contributed by atoms with van der Waals surface area (Å²) in [5.41, 5.74) is 1.06. The Balaban J connectivity index is 2.90. The molecule has 1 N–H and O–H groups in total. The molecule has 0 aromatic heterocycles. The first-order valence-electron chi connectivity index (χ1n) is 5.05. The van der Waals surface area contributed by atoms with Crippen LogP contribution in [0.5, 0.6) is 11.5 Å². The molecule has 0 aliphatic carbocycles. The van der Waals surface area contributed by atoms with Gasteiger partial charge in [-0.05, 0) is 24.6 Å². The number of amidine groups is 1. The van der Waals surface area contributed by atoms with Gasteiger partial charge in [-0.15, -0.1) is 0 Å².